The zero-order chi connectivity index (χ0) is 24.4. The molecule has 7 nitrogen and oxygen atoms in total. The first-order chi connectivity index (χ1) is 17.1. The van der Waals surface area contributed by atoms with E-state index in [-0.39, 0.29) is 17.9 Å². The zero-order valence-corrected chi connectivity index (χ0v) is 20.7. The van der Waals surface area contributed by atoms with Gasteiger partial charge in [-0.15, -0.1) is 11.3 Å². The summed E-state index contributed by atoms with van der Waals surface area (Å²) in [5.74, 6) is 1.24. The lowest BCUT2D eigenvalue weighted by Gasteiger charge is -2.33. The molecular formula is C27H29N3O4S. The molecule has 2 aliphatic rings. The van der Waals surface area contributed by atoms with Gasteiger partial charge in [0.05, 0.1) is 25.5 Å². The van der Waals surface area contributed by atoms with Crippen molar-refractivity contribution in [3.05, 3.63) is 59.5 Å². The number of likely N-dealkylation sites (tertiary alicyclic amines) is 1. The Kier molecular flexibility index (Phi) is 6.72. The van der Waals surface area contributed by atoms with Crippen LogP contribution in [0, 0.1) is 5.92 Å². The van der Waals surface area contributed by atoms with Crippen LogP contribution in [0.1, 0.15) is 42.5 Å². The normalized spacial score (nSPS) is 21.3. The Labute approximate surface area is 209 Å². The monoisotopic (exact) mass is 491 g/mol. The standard InChI is InChI=1S/C27H29N3O4S/c1-33-23-13-7-4-10-18(23)20-16-35-27(28-20)29-25(31)22-15-17-9-3-6-12-21(17)30(22)26(32)19-11-5-8-14-24(19)34-2/h4-5,7-8,10-11,13-14,16-17,21-22H,3,6,9,12,15H2,1-2H3,(H,28,29,31)/t17-,21-,22+/m1/s1. The van der Waals surface area contributed by atoms with Crippen molar-refractivity contribution in [2.45, 2.75) is 44.2 Å². The van der Waals surface area contributed by atoms with Crippen molar-refractivity contribution in [1.82, 2.24) is 9.88 Å². The molecule has 1 aliphatic heterocycles. The van der Waals surface area contributed by atoms with Crippen molar-refractivity contribution in [1.29, 1.82) is 0 Å². The number of carbonyl (C=O) groups is 2. The quantitative estimate of drug-likeness (QED) is 0.510. The van der Waals surface area contributed by atoms with Crippen LogP contribution in [0.2, 0.25) is 0 Å². The van der Waals surface area contributed by atoms with Crippen molar-refractivity contribution < 1.29 is 19.1 Å². The number of fused-ring (bicyclic) bond motifs is 1. The van der Waals surface area contributed by atoms with E-state index in [4.69, 9.17) is 9.47 Å². The molecule has 1 aliphatic carbocycles. The third-order valence-electron chi connectivity index (χ3n) is 7.08. The SMILES string of the molecule is COc1ccccc1C(=O)N1[C@@H]2CCCC[C@@H]2C[C@H]1C(=O)Nc1nc(-c2ccccc2OC)cs1. The summed E-state index contributed by atoms with van der Waals surface area (Å²) >= 11 is 1.37. The molecular weight excluding hydrogens is 462 g/mol. The number of thiazole rings is 1. The van der Waals surface area contributed by atoms with Gasteiger partial charge in [0, 0.05) is 17.0 Å². The third kappa shape index (κ3) is 4.50. The molecule has 2 aromatic carbocycles. The van der Waals surface area contributed by atoms with Gasteiger partial charge in [0.2, 0.25) is 5.91 Å². The zero-order valence-electron chi connectivity index (χ0n) is 19.9. The van der Waals surface area contributed by atoms with Gasteiger partial charge in [0.25, 0.3) is 5.91 Å². The highest BCUT2D eigenvalue weighted by Gasteiger charge is 2.48. The summed E-state index contributed by atoms with van der Waals surface area (Å²) < 4.78 is 10.9. The van der Waals surface area contributed by atoms with Crippen LogP contribution < -0.4 is 14.8 Å². The number of methoxy groups -OCH3 is 2. The van der Waals surface area contributed by atoms with Crippen molar-refractivity contribution in [2.75, 3.05) is 19.5 Å². The molecule has 2 fully saturated rings. The van der Waals surface area contributed by atoms with E-state index in [0.29, 0.717) is 28.8 Å². The van der Waals surface area contributed by atoms with Gasteiger partial charge in [0.1, 0.15) is 17.5 Å². The second-order valence-electron chi connectivity index (χ2n) is 9.00. The number of hydrogen-bond acceptors (Lipinski definition) is 6. The Hall–Kier alpha value is -3.39. The number of nitrogens with zero attached hydrogens (tertiary/aromatic N) is 2. The molecule has 1 saturated heterocycles. The van der Waals surface area contributed by atoms with Crippen LogP contribution in [-0.4, -0.2) is 48.0 Å². The fourth-order valence-electron chi connectivity index (χ4n) is 5.45. The minimum Gasteiger partial charge on any atom is -0.496 e. The van der Waals surface area contributed by atoms with Gasteiger partial charge < -0.3 is 19.7 Å². The van der Waals surface area contributed by atoms with Gasteiger partial charge >= 0.3 is 0 Å². The minimum absolute atomic E-state index is 0.0670. The number of amides is 2. The number of ether oxygens (including phenoxy) is 2. The fourth-order valence-corrected chi connectivity index (χ4v) is 6.16. The first-order valence-corrected chi connectivity index (χ1v) is 12.8. The molecule has 0 bridgehead atoms. The number of rotatable bonds is 6. The van der Waals surface area contributed by atoms with Crippen LogP contribution in [0.15, 0.2) is 53.9 Å². The van der Waals surface area contributed by atoms with E-state index in [1.807, 2.05) is 46.7 Å². The predicted octanol–water partition coefficient (Wildman–Crippen LogP) is 5.24. The number of aromatic nitrogens is 1. The maximum atomic E-state index is 13.7. The van der Waals surface area contributed by atoms with Gasteiger partial charge in [-0.2, -0.15) is 0 Å². The molecule has 1 N–H and O–H groups in total. The Morgan fingerprint density at radius 2 is 1.71 bits per heavy atom. The summed E-state index contributed by atoms with van der Waals surface area (Å²) in [7, 11) is 3.19. The van der Waals surface area contributed by atoms with Crippen LogP contribution in [0.5, 0.6) is 11.5 Å². The van der Waals surface area contributed by atoms with Crippen molar-refractivity contribution >= 4 is 28.3 Å². The molecule has 2 heterocycles. The first-order valence-electron chi connectivity index (χ1n) is 12.0. The Morgan fingerprint density at radius 3 is 2.51 bits per heavy atom. The van der Waals surface area contributed by atoms with Gasteiger partial charge in [-0.05, 0) is 49.4 Å². The topological polar surface area (TPSA) is 80.8 Å². The van der Waals surface area contributed by atoms with E-state index in [1.165, 1.54) is 11.3 Å². The molecule has 0 radical (unpaired) electrons. The fraction of sp³-hybridized carbons (Fsp3) is 0.370. The Balaban J connectivity index is 1.40. The van der Waals surface area contributed by atoms with Gasteiger partial charge in [-0.25, -0.2) is 4.98 Å². The second kappa shape index (κ2) is 10.1. The minimum atomic E-state index is -0.542. The molecule has 1 saturated carbocycles. The summed E-state index contributed by atoms with van der Waals surface area (Å²) in [5, 5.41) is 5.40. The number of benzene rings is 2. The molecule has 1 aromatic heterocycles. The lowest BCUT2D eigenvalue weighted by Crippen LogP contribution is -2.47. The van der Waals surface area contributed by atoms with Crippen LogP contribution in [-0.2, 0) is 4.79 Å². The molecule has 0 unspecified atom stereocenters. The highest BCUT2D eigenvalue weighted by atomic mass is 32.1. The largest absolute Gasteiger partial charge is 0.496 e. The number of hydrogen-bond donors (Lipinski definition) is 1. The van der Waals surface area contributed by atoms with Crippen LogP contribution in [0.4, 0.5) is 5.13 Å². The molecule has 35 heavy (non-hydrogen) atoms. The van der Waals surface area contributed by atoms with Gasteiger partial charge in [0.15, 0.2) is 5.13 Å². The molecule has 5 rings (SSSR count). The van der Waals surface area contributed by atoms with E-state index < -0.39 is 6.04 Å². The second-order valence-corrected chi connectivity index (χ2v) is 9.86. The number of para-hydroxylation sites is 2. The number of nitrogens with one attached hydrogen (secondary N) is 1. The summed E-state index contributed by atoms with van der Waals surface area (Å²) in [6.07, 6.45) is 4.84. The van der Waals surface area contributed by atoms with Gasteiger partial charge in [-0.1, -0.05) is 37.1 Å². The summed E-state index contributed by atoms with van der Waals surface area (Å²) in [5.41, 5.74) is 2.10. The summed E-state index contributed by atoms with van der Waals surface area (Å²) in [6, 6.07) is 14.4. The van der Waals surface area contributed by atoms with E-state index in [2.05, 4.69) is 10.3 Å². The highest BCUT2D eigenvalue weighted by Crippen LogP contribution is 2.42. The average Bonchev–Trinajstić information content (AvgIpc) is 3.53. The highest BCUT2D eigenvalue weighted by molar-refractivity contribution is 7.14. The van der Waals surface area contributed by atoms with E-state index in [9.17, 15) is 9.59 Å². The van der Waals surface area contributed by atoms with E-state index in [0.717, 1.165) is 42.7 Å². The lowest BCUT2D eigenvalue weighted by atomic mass is 9.84. The van der Waals surface area contributed by atoms with Crippen LogP contribution >= 0.6 is 11.3 Å². The maximum absolute atomic E-state index is 13.7. The van der Waals surface area contributed by atoms with Gasteiger partial charge in [-0.3, -0.25) is 9.59 Å². The lowest BCUT2D eigenvalue weighted by molar-refractivity contribution is -0.120. The van der Waals surface area contributed by atoms with Crippen molar-refractivity contribution in [2.24, 2.45) is 5.92 Å². The maximum Gasteiger partial charge on any atom is 0.258 e. The smallest absolute Gasteiger partial charge is 0.258 e. The van der Waals surface area contributed by atoms with Crippen molar-refractivity contribution in [3.63, 3.8) is 0 Å². The van der Waals surface area contributed by atoms with E-state index >= 15 is 0 Å². The first kappa shape index (κ1) is 23.4. The van der Waals surface area contributed by atoms with Crippen LogP contribution in [0.3, 0.4) is 0 Å². The van der Waals surface area contributed by atoms with E-state index in [1.54, 1.807) is 26.4 Å². The Morgan fingerprint density at radius 1 is 1.00 bits per heavy atom. The summed E-state index contributed by atoms with van der Waals surface area (Å²) in [4.78, 5) is 33.7. The summed E-state index contributed by atoms with van der Waals surface area (Å²) in [6.45, 7) is 0. The number of anilines is 1. The average molecular weight is 492 g/mol. The molecule has 3 atom stereocenters. The molecule has 0 spiro atoms. The predicted molar refractivity (Wildman–Crippen MR) is 136 cm³/mol. The third-order valence-corrected chi connectivity index (χ3v) is 7.84. The van der Waals surface area contributed by atoms with Crippen LogP contribution in [0.25, 0.3) is 11.3 Å². The Bertz CT molecular complexity index is 1230. The number of carbonyl (C=O) groups excluding carboxylic acids is 2. The van der Waals surface area contributed by atoms with Crippen molar-refractivity contribution in [3.8, 4) is 22.8 Å². The molecule has 2 amide bonds. The molecule has 3 aromatic rings. The molecule has 182 valence electrons. The molecule has 8 heteroatoms.